The number of likely N-dealkylation sites (tertiary alicyclic amines) is 1. The lowest BCUT2D eigenvalue weighted by molar-refractivity contribution is -0.142. The van der Waals surface area contributed by atoms with E-state index in [-0.39, 0.29) is 29.5 Å². The van der Waals surface area contributed by atoms with Gasteiger partial charge in [0.2, 0.25) is 17.7 Å². The van der Waals surface area contributed by atoms with Crippen LogP contribution in [0, 0.1) is 0 Å². The first-order valence-corrected chi connectivity index (χ1v) is 13.8. The summed E-state index contributed by atoms with van der Waals surface area (Å²) >= 11 is 12.1. The van der Waals surface area contributed by atoms with E-state index >= 15 is 0 Å². The van der Waals surface area contributed by atoms with Crippen LogP contribution in [-0.2, 0) is 23.9 Å². The summed E-state index contributed by atoms with van der Waals surface area (Å²) in [5, 5.41) is 8.79. The van der Waals surface area contributed by atoms with Gasteiger partial charge in [0.1, 0.15) is 24.4 Å². The SMILES string of the molecule is CC(=O)Nc1ccc(C(=O)N[C@@H](C)C(=O)N2CCC[C@H]2C(=O)N[C@H]2CC(=O)O[C@H]2COc2ccc(Cl)cc2)cc1Cl. The number of cyclic esters (lactones) is 1. The van der Waals surface area contributed by atoms with Gasteiger partial charge in [-0.15, -0.1) is 0 Å². The third kappa shape index (κ3) is 7.68. The minimum atomic E-state index is -0.929. The molecule has 2 aromatic carbocycles. The monoisotopic (exact) mass is 604 g/mol. The maximum absolute atomic E-state index is 13.3. The highest BCUT2D eigenvalue weighted by Gasteiger charge is 2.41. The van der Waals surface area contributed by atoms with Crippen molar-refractivity contribution < 1.29 is 33.4 Å². The molecule has 0 unspecified atom stereocenters. The van der Waals surface area contributed by atoms with Crippen molar-refractivity contribution in [1.29, 1.82) is 0 Å². The van der Waals surface area contributed by atoms with Crippen molar-refractivity contribution in [3.05, 3.63) is 58.1 Å². The number of carbonyl (C=O) groups is 5. The molecule has 4 amide bonds. The molecule has 41 heavy (non-hydrogen) atoms. The van der Waals surface area contributed by atoms with E-state index in [4.69, 9.17) is 32.7 Å². The van der Waals surface area contributed by atoms with Crippen LogP contribution in [-0.4, -0.2) is 71.9 Å². The fourth-order valence-electron chi connectivity index (χ4n) is 4.73. The summed E-state index contributed by atoms with van der Waals surface area (Å²) in [7, 11) is 0. The van der Waals surface area contributed by atoms with Crippen molar-refractivity contribution >= 4 is 58.5 Å². The summed E-state index contributed by atoms with van der Waals surface area (Å²) in [5.41, 5.74) is 0.566. The van der Waals surface area contributed by atoms with E-state index in [1.165, 1.54) is 36.9 Å². The van der Waals surface area contributed by atoms with Crippen LogP contribution in [0.2, 0.25) is 10.0 Å². The zero-order valence-electron chi connectivity index (χ0n) is 22.4. The van der Waals surface area contributed by atoms with Gasteiger partial charge in [0, 0.05) is 24.1 Å². The van der Waals surface area contributed by atoms with Crippen LogP contribution in [0.1, 0.15) is 43.5 Å². The number of hydrogen-bond donors (Lipinski definition) is 3. The molecule has 3 N–H and O–H groups in total. The molecule has 0 radical (unpaired) electrons. The molecule has 4 rings (SSSR count). The van der Waals surface area contributed by atoms with Crippen LogP contribution in [0.5, 0.6) is 5.75 Å². The second-order valence-corrected chi connectivity index (χ2v) is 10.7. The van der Waals surface area contributed by atoms with Crippen molar-refractivity contribution in [2.75, 3.05) is 18.5 Å². The third-order valence-corrected chi connectivity index (χ3v) is 7.34. The predicted molar refractivity (Wildman–Crippen MR) is 151 cm³/mol. The van der Waals surface area contributed by atoms with Gasteiger partial charge >= 0.3 is 5.97 Å². The van der Waals surface area contributed by atoms with E-state index in [1.807, 2.05) is 0 Å². The summed E-state index contributed by atoms with van der Waals surface area (Å²) in [6.07, 6.45) is 0.325. The van der Waals surface area contributed by atoms with Gasteiger partial charge in [0.05, 0.1) is 23.2 Å². The minimum Gasteiger partial charge on any atom is -0.490 e. The standard InChI is InChI=1S/C28H30Cl2N4O7/c1-15(31-26(37)17-5-10-21(20(30)12-17)32-16(2)35)28(39)34-11-3-4-23(34)27(38)33-22-13-25(36)41-24(22)14-40-19-8-6-18(29)7-9-19/h5-10,12,15,22-24H,3-4,11,13-14H2,1-2H3,(H,31,37)(H,32,35)(H,33,38)/t15-,22-,23-,24-/m0/s1. The topological polar surface area (TPSA) is 143 Å². The first kappa shape index (κ1) is 30.1. The number of esters is 1. The fraction of sp³-hybridized carbons (Fsp3) is 0.393. The molecule has 13 heteroatoms. The number of nitrogens with one attached hydrogen (secondary N) is 3. The van der Waals surface area contributed by atoms with E-state index in [0.29, 0.717) is 35.8 Å². The molecule has 2 saturated heterocycles. The smallest absolute Gasteiger partial charge is 0.308 e. The Kier molecular flexibility index (Phi) is 9.72. The molecule has 2 heterocycles. The maximum Gasteiger partial charge on any atom is 0.308 e. The van der Waals surface area contributed by atoms with Gasteiger partial charge in [-0.1, -0.05) is 23.2 Å². The van der Waals surface area contributed by atoms with Crippen molar-refractivity contribution in [3.8, 4) is 5.75 Å². The lowest BCUT2D eigenvalue weighted by Gasteiger charge is -2.28. The molecular weight excluding hydrogens is 575 g/mol. The number of ether oxygens (including phenoxy) is 2. The Morgan fingerprint density at radius 1 is 1.12 bits per heavy atom. The molecule has 2 aromatic rings. The Morgan fingerprint density at radius 2 is 1.85 bits per heavy atom. The van der Waals surface area contributed by atoms with Crippen molar-refractivity contribution in [3.63, 3.8) is 0 Å². The van der Waals surface area contributed by atoms with Gasteiger partial charge in [-0.25, -0.2) is 0 Å². The van der Waals surface area contributed by atoms with Crippen molar-refractivity contribution in [1.82, 2.24) is 15.5 Å². The quantitative estimate of drug-likeness (QED) is 0.373. The summed E-state index contributed by atoms with van der Waals surface area (Å²) in [6, 6.07) is 8.77. The number of nitrogens with zero attached hydrogens (tertiary/aromatic N) is 1. The Hall–Kier alpha value is -3.83. The molecular formula is C28H30Cl2N4O7. The normalized spacial score (nSPS) is 20.6. The first-order chi connectivity index (χ1) is 19.5. The largest absolute Gasteiger partial charge is 0.490 e. The Bertz CT molecular complexity index is 1340. The van der Waals surface area contributed by atoms with Crippen molar-refractivity contribution in [2.24, 2.45) is 0 Å². The summed E-state index contributed by atoms with van der Waals surface area (Å²) in [5.74, 6) is -1.58. The highest BCUT2D eigenvalue weighted by atomic mass is 35.5. The summed E-state index contributed by atoms with van der Waals surface area (Å²) in [4.78, 5) is 64.0. The minimum absolute atomic E-state index is 0.0171. The zero-order valence-corrected chi connectivity index (χ0v) is 24.0. The van der Waals surface area contributed by atoms with Gasteiger partial charge in [-0.3, -0.25) is 24.0 Å². The number of benzene rings is 2. The number of carbonyl (C=O) groups excluding carboxylic acids is 5. The van der Waals surface area contributed by atoms with Gasteiger partial charge in [-0.2, -0.15) is 0 Å². The molecule has 0 spiro atoms. The van der Waals surface area contributed by atoms with Crippen LogP contribution >= 0.6 is 23.2 Å². The Labute approximate surface area is 246 Å². The molecule has 2 aliphatic heterocycles. The number of anilines is 1. The highest BCUT2D eigenvalue weighted by Crippen LogP contribution is 2.24. The molecule has 2 fully saturated rings. The van der Waals surface area contributed by atoms with E-state index in [0.717, 1.165) is 0 Å². The number of rotatable bonds is 9. The average Bonchev–Trinajstić information content (AvgIpc) is 3.55. The molecule has 2 aliphatic rings. The van der Waals surface area contributed by atoms with Crippen LogP contribution in [0.25, 0.3) is 0 Å². The van der Waals surface area contributed by atoms with E-state index in [1.54, 1.807) is 24.3 Å². The van der Waals surface area contributed by atoms with E-state index < -0.39 is 47.9 Å². The Balaban J connectivity index is 1.34. The second-order valence-electron chi connectivity index (χ2n) is 9.87. The molecule has 0 saturated carbocycles. The summed E-state index contributed by atoms with van der Waals surface area (Å²) in [6.45, 7) is 3.25. The van der Waals surface area contributed by atoms with Crippen LogP contribution in [0.4, 0.5) is 5.69 Å². The lowest BCUT2D eigenvalue weighted by Crippen LogP contribution is -2.54. The van der Waals surface area contributed by atoms with Crippen LogP contribution in [0.3, 0.4) is 0 Å². The number of amides is 4. The van der Waals surface area contributed by atoms with Gasteiger partial charge in [-0.05, 0) is 62.2 Å². The van der Waals surface area contributed by atoms with Crippen molar-refractivity contribution in [2.45, 2.75) is 57.3 Å². The summed E-state index contributed by atoms with van der Waals surface area (Å²) < 4.78 is 11.1. The number of hydrogen-bond acceptors (Lipinski definition) is 7. The van der Waals surface area contributed by atoms with Crippen LogP contribution < -0.4 is 20.7 Å². The zero-order chi connectivity index (χ0) is 29.7. The van der Waals surface area contributed by atoms with Gasteiger partial charge in [0.15, 0.2) is 6.10 Å². The maximum atomic E-state index is 13.3. The molecule has 4 atom stereocenters. The fourth-order valence-corrected chi connectivity index (χ4v) is 5.09. The van der Waals surface area contributed by atoms with Crippen LogP contribution in [0.15, 0.2) is 42.5 Å². The average molecular weight is 605 g/mol. The molecule has 218 valence electrons. The third-order valence-electron chi connectivity index (χ3n) is 6.77. The van der Waals surface area contributed by atoms with Gasteiger partial charge < -0.3 is 30.3 Å². The first-order valence-electron chi connectivity index (χ1n) is 13.1. The molecule has 0 aromatic heterocycles. The second kappa shape index (κ2) is 13.2. The molecule has 0 bridgehead atoms. The number of halogens is 2. The van der Waals surface area contributed by atoms with E-state index in [9.17, 15) is 24.0 Å². The lowest BCUT2D eigenvalue weighted by atomic mass is 10.1. The van der Waals surface area contributed by atoms with E-state index in [2.05, 4.69) is 16.0 Å². The van der Waals surface area contributed by atoms with Gasteiger partial charge in [0.25, 0.3) is 5.91 Å². The Morgan fingerprint density at radius 3 is 2.54 bits per heavy atom. The highest BCUT2D eigenvalue weighted by molar-refractivity contribution is 6.34. The molecule has 0 aliphatic carbocycles. The predicted octanol–water partition coefficient (Wildman–Crippen LogP) is 2.94. The molecule has 11 nitrogen and oxygen atoms in total.